The molecular weight excluding hydrogens is 168 g/mol. The lowest BCUT2D eigenvalue weighted by atomic mass is 9.77. The molecule has 0 aromatic heterocycles. The van der Waals surface area contributed by atoms with E-state index in [0.717, 1.165) is 0 Å². The molecule has 0 rings (SSSR count). The largest absolute Gasteiger partial charge is 0.481 e. The number of Topliss-reactive ketones (excluding diaryl/α,β-unsaturated/α-hetero) is 1. The van der Waals surface area contributed by atoms with Crippen molar-refractivity contribution in [3.8, 4) is 0 Å². The summed E-state index contributed by atoms with van der Waals surface area (Å²) in [6, 6.07) is 0. The molecule has 0 fully saturated rings. The molecule has 0 heterocycles. The van der Waals surface area contributed by atoms with Gasteiger partial charge >= 0.3 is 5.97 Å². The molecule has 13 heavy (non-hydrogen) atoms. The number of hydrogen-bond acceptors (Lipinski definition) is 2. The number of carboxylic acid groups (broad SMARTS) is 1. The smallest absolute Gasteiger partial charge is 0.309 e. The normalized spacial score (nSPS) is 13.8. The maximum atomic E-state index is 11.1. The van der Waals surface area contributed by atoms with Gasteiger partial charge in [-0.15, -0.1) is 0 Å². The second-order valence-electron chi connectivity index (χ2n) is 4.02. The Balaban J connectivity index is 4.33. The quantitative estimate of drug-likeness (QED) is 0.715. The highest BCUT2D eigenvalue weighted by atomic mass is 16.4. The summed E-state index contributed by atoms with van der Waals surface area (Å²) < 4.78 is 0. The van der Waals surface area contributed by atoms with Crippen molar-refractivity contribution in [1.29, 1.82) is 0 Å². The SMILES string of the molecule is CCC(=O)CC(C)C(C)(C)C(=O)O. The highest BCUT2D eigenvalue weighted by molar-refractivity contribution is 5.80. The Hall–Kier alpha value is -0.860. The van der Waals surface area contributed by atoms with Crippen LogP contribution in [0.15, 0.2) is 0 Å². The molecule has 0 aliphatic rings. The zero-order valence-electron chi connectivity index (χ0n) is 8.76. The van der Waals surface area contributed by atoms with Crippen molar-refractivity contribution in [3.05, 3.63) is 0 Å². The summed E-state index contributed by atoms with van der Waals surface area (Å²) in [4.78, 5) is 21.9. The third-order valence-electron chi connectivity index (χ3n) is 2.71. The van der Waals surface area contributed by atoms with Gasteiger partial charge < -0.3 is 5.11 Å². The first-order valence-electron chi connectivity index (χ1n) is 4.57. The van der Waals surface area contributed by atoms with Gasteiger partial charge in [0.05, 0.1) is 5.41 Å². The fraction of sp³-hybridized carbons (Fsp3) is 0.800. The fourth-order valence-electron chi connectivity index (χ4n) is 0.952. The molecule has 76 valence electrons. The molecule has 1 N–H and O–H groups in total. The van der Waals surface area contributed by atoms with Crippen LogP contribution in [-0.2, 0) is 9.59 Å². The third kappa shape index (κ3) is 3.17. The van der Waals surface area contributed by atoms with Crippen molar-refractivity contribution in [2.75, 3.05) is 0 Å². The molecule has 0 radical (unpaired) electrons. The van der Waals surface area contributed by atoms with E-state index >= 15 is 0 Å². The van der Waals surface area contributed by atoms with Crippen molar-refractivity contribution in [2.45, 2.75) is 40.5 Å². The minimum Gasteiger partial charge on any atom is -0.481 e. The molecule has 0 aromatic rings. The maximum absolute atomic E-state index is 11.1. The van der Waals surface area contributed by atoms with Crippen LogP contribution in [0.25, 0.3) is 0 Å². The van der Waals surface area contributed by atoms with E-state index in [9.17, 15) is 9.59 Å². The number of ketones is 1. The van der Waals surface area contributed by atoms with E-state index in [-0.39, 0.29) is 11.7 Å². The van der Waals surface area contributed by atoms with E-state index in [4.69, 9.17) is 5.11 Å². The van der Waals surface area contributed by atoms with Crippen LogP contribution in [0.2, 0.25) is 0 Å². The Bertz CT molecular complexity index is 206. The van der Waals surface area contributed by atoms with Crippen LogP contribution in [-0.4, -0.2) is 16.9 Å². The third-order valence-corrected chi connectivity index (χ3v) is 2.71. The molecule has 0 spiro atoms. The Kier molecular flexibility index (Phi) is 4.11. The Morgan fingerprint density at radius 1 is 1.38 bits per heavy atom. The maximum Gasteiger partial charge on any atom is 0.309 e. The molecule has 3 heteroatoms. The average Bonchev–Trinajstić information content (AvgIpc) is 2.03. The first-order valence-corrected chi connectivity index (χ1v) is 4.57. The Morgan fingerprint density at radius 2 is 1.85 bits per heavy atom. The van der Waals surface area contributed by atoms with Crippen molar-refractivity contribution in [3.63, 3.8) is 0 Å². The summed E-state index contributed by atoms with van der Waals surface area (Å²) in [5.41, 5.74) is -0.815. The van der Waals surface area contributed by atoms with Crippen LogP contribution in [0.5, 0.6) is 0 Å². The molecule has 0 amide bonds. The lowest BCUT2D eigenvalue weighted by molar-refractivity contribution is -0.150. The van der Waals surface area contributed by atoms with Gasteiger partial charge in [0.25, 0.3) is 0 Å². The standard InChI is InChI=1S/C10H18O3/c1-5-8(11)6-7(2)10(3,4)9(12)13/h7H,5-6H2,1-4H3,(H,12,13). The second kappa shape index (κ2) is 4.40. The second-order valence-corrected chi connectivity index (χ2v) is 4.02. The van der Waals surface area contributed by atoms with Gasteiger partial charge in [-0.05, 0) is 19.8 Å². The van der Waals surface area contributed by atoms with E-state index < -0.39 is 11.4 Å². The molecular formula is C10H18O3. The highest BCUT2D eigenvalue weighted by Crippen LogP contribution is 2.29. The van der Waals surface area contributed by atoms with Crippen LogP contribution in [0.1, 0.15) is 40.5 Å². The fourth-order valence-corrected chi connectivity index (χ4v) is 0.952. The number of carboxylic acids is 1. The van der Waals surface area contributed by atoms with Gasteiger partial charge in [0.1, 0.15) is 5.78 Å². The molecule has 0 bridgehead atoms. The summed E-state index contributed by atoms with van der Waals surface area (Å²) in [7, 11) is 0. The van der Waals surface area contributed by atoms with Gasteiger partial charge in [-0.25, -0.2) is 0 Å². The molecule has 0 saturated heterocycles. The van der Waals surface area contributed by atoms with Crippen LogP contribution in [0, 0.1) is 11.3 Å². The molecule has 0 aliphatic carbocycles. The molecule has 0 aliphatic heterocycles. The minimum atomic E-state index is -0.844. The van der Waals surface area contributed by atoms with Gasteiger partial charge in [0.2, 0.25) is 0 Å². The van der Waals surface area contributed by atoms with Crippen molar-refractivity contribution >= 4 is 11.8 Å². The van der Waals surface area contributed by atoms with Crippen LogP contribution in [0.4, 0.5) is 0 Å². The predicted octanol–water partition coefficient (Wildman–Crippen LogP) is 2.10. The van der Waals surface area contributed by atoms with Crippen molar-refractivity contribution in [2.24, 2.45) is 11.3 Å². The number of carbonyl (C=O) groups is 2. The van der Waals surface area contributed by atoms with Gasteiger partial charge in [0, 0.05) is 12.8 Å². The number of aliphatic carboxylic acids is 1. The van der Waals surface area contributed by atoms with E-state index in [1.54, 1.807) is 20.8 Å². The Morgan fingerprint density at radius 3 is 2.15 bits per heavy atom. The summed E-state index contributed by atoms with van der Waals surface area (Å²) in [6.45, 7) is 6.91. The number of rotatable bonds is 5. The van der Waals surface area contributed by atoms with Gasteiger partial charge in [0.15, 0.2) is 0 Å². The van der Waals surface area contributed by atoms with Crippen LogP contribution >= 0.6 is 0 Å². The van der Waals surface area contributed by atoms with Gasteiger partial charge in [-0.1, -0.05) is 13.8 Å². The monoisotopic (exact) mass is 186 g/mol. The molecule has 3 nitrogen and oxygen atoms in total. The topological polar surface area (TPSA) is 54.4 Å². The molecule has 0 aromatic carbocycles. The van der Waals surface area contributed by atoms with E-state index in [2.05, 4.69) is 0 Å². The lowest BCUT2D eigenvalue weighted by Crippen LogP contribution is -2.32. The van der Waals surface area contributed by atoms with Gasteiger partial charge in [-0.3, -0.25) is 9.59 Å². The van der Waals surface area contributed by atoms with Crippen molar-refractivity contribution < 1.29 is 14.7 Å². The van der Waals surface area contributed by atoms with E-state index in [1.165, 1.54) is 0 Å². The number of carbonyl (C=O) groups excluding carboxylic acids is 1. The van der Waals surface area contributed by atoms with Crippen molar-refractivity contribution in [1.82, 2.24) is 0 Å². The zero-order chi connectivity index (χ0) is 10.6. The number of hydrogen-bond donors (Lipinski definition) is 1. The van der Waals surface area contributed by atoms with Crippen LogP contribution < -0.4 is 0 Å². The molecule has 0 saturated carbocycles. The zero-order valence-corrected chi connectivity index (χ0v) is 8.76. The molecule has 1 unspecified atom stereocenters. The summed E-state index contributed by atoms with van der Waals surface area (Å²) >= 11 is 0. The minimum absolute atomic E-state index is 0.113. The summed E-state index contributed by atoms with van der Waals surface area (Å²) in [5.74, 6) is -0.830. The molecule has 1 atom stereocenters. The average molecular weight is 186 g/mol. The first-order chi connectivity index (χ1) is 5.82. The predicted molar refractivity (Wildman–Crippen MR) is 50.5 cm³/mol. The van der Waals surface area contributed by atoms with Crippen LogP contribution in [0.3, 0.4) is 0 Å². The summed E-state index contributed by atoms with van der Waals surface area (Å²) in [6.07, 6.45) is 0.843. The van der Waals surface area contributed by atoms with E-state index in [1.807, 2.05) is 6.92 Å². The van der Waals surface area contributed by atoms with Gasteiger partial charge in [-0.2, -0.15) is 0 Å². The Labute approximate surface area is 79.1 Å². The first kappa shape index (κ1) is 12.1. The lowest BCUT2D eigenvalue weighted by Gasteiger charge is -2.26. The summed E-state index contributed by atoms with van der Waals surface area (Å²) in [5, 5.41) is 8.89. The highest BCUT2D eigenvalue weighted by Gasteiger charge is 2.34. The van der Waals surface area contributed by atoms with E-state index in [0.29, 0.717) is 12.8 Å².